The van der Waals surface area contributed by atoms with Gasteiger partial charge in [0.1, 0.15) is 5.56 Å². The zero-order chi connectivity index (χ0) is 15.2. The summed E-state index contributed by atoms with van der Waals surface area (Å²) in [6, 6.07) is 1.67. The van der Waals surface area contributed by atoms with Crippen LogP contribution in [0.2, 0.25) is 0 Å². The van der Waals surface area contributed by atoms with Gasteiger partial charge < -0.3 is 20.1 Å². The topological polar surface area (TPSA) is 91.8 Å². The Bertz CT molecular complexity index is 527. The van der Waals surface area contributed by atoms with Crippen molar-refractivity contribution in [3.05, 3.63) is 23.5 Å². The van der Waals surface area contributed by atoms with Gasteiger partial charge in [-0.2, -0.15) is 0 Å². The van der Waals surface area contributed by atoms with E-state index in [4.69, 9.17) is 9.84 Å². The first-order chi connectivity index (χ1) is 10.1. The van der Waals surface area contributed by atoms with Gasteiger partial charge in [-0.15, -0.1) is 0 Å². The second kappa shape index (κ2) is 7.03. The molecule has 114 valence electrons. The number of aromatic carboxylic acids is 1. The lowest BCUT2D eigenvalue weighted by molar-refractivity contribution is -0.134. The minimum atomic E-state index is -1.04. The molecule has 21 heavy (non-hydrogen) atoms. The maximum Gasteiger partial charge on any atom is 0.339 e. The molecule has 0 radical (unpaired) electrons. The van der Waals surface area contributed by atoms with Crippen LogP contribution in [0.4, 0.5) is 5.69 Å². The third-order valence-electron chi connectivity index (χ3n) is 3.29. The van der Waals surface area contributed by atoms with Crippen molar-refractivity contribution in [2.45, 2.75) is 13.3 Å². The van der Waals surface area contributed by atoms with Gasteiger partial charge in [-0.25, -0.2) is 4.79 Å². The predicted octanol–water partition coefficient (Wildman–Crippen LogP) is 0.749. The van der Waals surface area contributed by atoms with Crippen LogP contribution in [0.3, 0.4) is 0 Å². The number of carbonyl (C=O) groups is 2. The summed E-state index contributed by atoms with van der Waals surface area (Å²) in [5.41, 5.74) is 1.33. The fourth-order valence-electron chi connectivity index (χ4n) is 2.15. The van der Waals surface area contributed by atoms with Crippen LogP contribution in [0.5, 0.6) is 0 Å². The van der Waals surface area contributed by atoms with E-state index in [1.807, 2.05) is 0 Å². The van der Waals surface area contributed by atoms with E-state index in [0.29, 0.717) is 45.0 Å². The summed E-state index contributed by atoms with van der Waals surface area (Å²) in [5, 5.41) is 12.1. The number of morpholine rings is 1. The molecule has 0 saturated carbocycles. The number of hydrogen-bond acceptors (Lipinski definition) is 5. The Morgan fingerprint density at radius 3 is 2.81 bits per heavy atom. The Labute approximate surface area is 122 Å². The average Bonchev–Trinajstić information content (AvgIpc) is 2.48. The van der Waals surface area contributed by atoms with Crippen molar-refractivity contribution in [1.29, 1.82) is 0 Å². The van der Waals surface area contributed by atoms with Gasteiger partial charge in [-0.05, 0) is 13.0 Å². The molecule has 7 nitrogen and oxygen atoms in total. The lowest BCUT2D eigenvalue weighted by atomic mass is 10.2. The lowest BCUT2D eigenvalue weighted by Crippen LogP contribution is -2.41. The average molecular weight is 293 g/mol. The van der Waals surface area contributed by atoms with Crippen LogP contribution in [0.1, 0.15) is 22.5 Å². The zero-order valence-corrected chi connectivity index (χ0v) is 12.0. The standard InChI is InChI=1S/C14H19N3O4/c1-10-8-12(11(9-16-10)14(19)20)15-3-2-13(18)17-4-6-21-7-5-17/h8-9H,2-7H2,1H3,(H,15,16)(H,19,20). The summed E-state index contributed by atoms with van der Waals surface area (Å²) in [5.74, 6) is -0.988. The van der Waals surface area contributed by atoms with Crippen molar-refractivity contribution in [3.63, 3.8) is 0 Å². The Morgan fingerprint density at radius 2 is 2.14 bits per heavy atom. The number of carboxylic acid groups (broad SMARTS) is 1. The van der Waals surface area contributed by atoms with Crippen LogP contribution in [0, 0.1) is 6.92 Å². The van der Waals surface area contributed by atoms with Gasteiger partial charge in [0.2, 0.25) is 5.91 Å². The second-order valence-electron chi connectivity index (χ2n) is 4.85. The van der Waals surface area contributed by atoms with Crippen LogP contribution in [-0.4, -0.2) is 59.7 Å². The summed E-state index contributed by atoms with van der Waals surface area (Å²) in [6.07, 6.45) is 1.64. The highest BCUT2D eigenvalue weighted by atomic mass is 16.5. The molecule has 1 aromatic rings. The van der Waals surface area contributed by atoms with Crippen LogP contribution in [-0.2, 0) is 9.53 Å². The maximum absolute atomic E-state index is 12.0. The largest absolute Gasteiger partial charge is 0.478 e. The third-order valence-corrected chi connectivity index (χ3v) is 3.29. The van der Waals surface area contributed by atoms with Crippen LogP contribution < -0.4 is 5.32 Å². The smallest absolute Gasteiger partial charge is 0.339 e. The molecule has 1 aliphatic heterocycles. The number of anilines is 1. The van der Waals surface area contributed by atoms with Gasteiger partial charge in [0.15, 0.2) is 0 Å². The second-order valence-corrected chi connectivity index (χ2v) is 4.85. The first-order valence-electron chi connectivity index (χ1n) is 6.87. The number of aromatic nitrogens is 1. The number of aryl methyl sites for hydroxylation is 1. The molecule has 0 aromatic carbocycles. The van der Waals surface area contributed by atoms with Gasteiger partial charge in [0, 0.05) is 37.9 Å². The molecule has 2 N–H and O–H groups in total. The van der Waals surface area contributed by atoms with E-state index in [1.165, 1.54) is 6.20 Å². The summed E-state index contributed by atoms with van der Waals surface area (Å²) in [6.45, 7) is 4.56. The molecule has 0 unspecified atom stereocenters. The SMILES string of the molecule is Cc1cc(NCCC(=O)N2CCOCC2)c(C(=O)O)cn1. The first-order valence-corrected chi connectivity index (χ1v) is 6.87. The van der Waals surface area contributed by atoms with Crippen molar-refractivity contribution < 1.29 is 19.4 Å². The monoisotopic (exact) mass is 293 g/mol. The van der Waals surface area contributed by atoms with E-state index in [1.54, 1.807) is 17.9 Å². The fourth-order valence-corrected chi connectivity index (χ4v) is 2.15. The van der Waals surface area contributed by atoms with E-state index in [0.717, 1.165) is 5.69 Å². The highest BCUT2D eigenvalue weighted by molar-refractivity contribution is 5.93. The summed E-state index contributed by atoms with van der Waals surface area (Å²) >= 11 is 0. The minimum Gasteiger partial charge on any atom is -0.478 e. The van der Waals surface area contributed by atoms with Gasteiger partial charge in [-0.3, -0.25) is 9.78 Å². The predicted molar refractivity (Wildman–Crippen MR) is 76.4 cm³/mol. The zero-order valence-electron chi connectivity index (χ0n) is 12.0. The molecule has 1 saturated heterocycles. The Hall–Kier alpha value is -2.15. The normalized spacial score (nSPS) is 14.8. The van der Waals surface area contributed by atoms with Gasteiger partial charge >= 0.3 is 5.97 Å². The van der Waals surface area contributed by atoms with Crippen molar-refractivity contribution in [3.8, 4) is 0 Å². The minimum absolute atomic E-state index is 0.0495. The number of nitrogens with one attached hydrogen (secondary N) is 1. The van der Waals surface area contributed by atoms with Gasteiger partial charge in [0.05, 0.1) is 18.9 Å². The van der Waals surface area contributed by atoms with Crippen molar-refractivity contribution >= 4 is 17.6 Å². The number of carboxylic acids is 1. The Balaban J connectivity index is 1.89. The molecular formula is C14H19N3O4. The number of hydrogen-bond donors (Lipinski definition) is 2. The molecule has 0 atom stereocenters. The number of nitrogens with zero attached hydrogens (tertiary/aromatic N) is 2. The highest BCUT2D eigenvalue weighted by Gasteiger charge is 2.17. The summed E-state index contributed by atoms with van der Waals surface area (Å²) in [7, 11) is 0. The van der Waals surface area contributed by atoms with E-state index < -0.39 is 5.97 Å². The maximum atomic E-state index is 12.0. The van der Waals surface area contributed by atoms with Crippen LogP contribution in [0.15, 0.2) is 12.3 Å². The molecular weight excluding hydrogens is 274 g/mol. The Morgan fingerprint density at radius 1 is 1.43 bits per heavy atom. The van der Waals surface area contributed by atoms with Crippen LogP contribution in [0.25, 0.3) is 0 Å². The number of ether oxygens (including phenoxy) is 1. The van der Waals surface area contributed by atoms with Gasteiger partial charge in [0.25, 0.3) is 0 Å². The molecule has 1 aliphatic rings. The molecule has 7 heteroatoms. The van der Waals surface area contributed by atoms with Crippen molar-refractivity contribution in [2.75, 3.05) is 38.2 Å². The number of pyridine rings is 1. The summed E-state index contributed by atoms with van der Waals surface area (Å²) < 4.78 is 5.20. The molecule has 1 aromatic heterocycles. The highest BCUT2D eigenvalue weighted by Crippen LogP contribution is 2.15. The van der Waals surface area contributed by atoms with Crippen molar-refractivity contribution in [2.24, 2.45) is 0 Å². The molecule has 2 rings (SSSR count). The van der Waals surface area contributed by atoms with E-state index in [-0.39, 0.29) is 11.5 Å². The molecule has 1 fully saturated rings. The lowest BCUT2D eigenvalue weighted by Gasteiger charge is -2.27. The molecule has 1 amide bonds. The van der Waals surface area contributed by atoms with E-state index >= 15 is 0 Å². The molecule has 0 spiro atoms. The summed E-state index contributed by atoms with van der Waals surface area (Å²) in [4.78, 5) is 28.8. The van der Waals surface area contributed by atoms with E-state index in [9.17, 15) is 9.59 Å². The fraction of sp³-hybridized carbons (Fsp3) is 0.500. The third kappa shape index (κ3) is 4.16. The molecule has 0 bridgehead atoms. The molecule has 0 aliphatic carbocycles. The molecule has 2 heterocycles. The number of carbonyl (C=O) groups excluding carboxylic acids is 1. The number of amides is 1. The van der Waals surface area contributed by atoms with Crippen LogP contribution >= 0.6 is 0 Å². The van der Waals surface area contributed by atoms with Crippen molar-refractivity contribution in [1.82, 2.24) is 9.88 Å². The van der Waals surface area contributed by atoms with Gasteiger partial charge in [-0.1, -0.05) is 0 Å². The van der Waals surface area contributed by atoms with E-state index in [2.05, 4.69) is 10.3 Å². The number of rotatable bonds is 5. The Kier molecular flexibility index (Phi) is 5.10. The quantitative estimate of drug-likeness (QED) is 0.832. The first kappa shape index (κ1) is 15.2.